The van der Waals surface area contributed by atoms with Gasteiger partial charge in [0.2, 0.25) is 0 Å². The Morgan fingerprint density at radius 1 is 1.18 bits per heavy atom. The summed E-state index contributed by atoms with van der Waals surface area (Å²) < 4.78 is 16.2. The number of methoxy groups -OCH3 is 1. The summed E-state index contributed by atoms with van der Waals surface area (Å²) in [6.45, 7) is 6.05. The summed E-state index contributed by atoms with van der Waals surface area (Å²) in [5.74, 6) is 0.113. The number of hydrogen-bond acceptors (Lipinski definition) is 6. The zero-order valence-electron chi connectivity index (χ0n) is 16.2. The zero-order chi connectivity index (χ0) is 20.7. The molecule has 1 aromatic carbocycles. The number of anilines is 1. The fourth-order valence-electron chi connectivity index (χ4n) is 2.17. The first-order valence-electron chi connectivity index (χ1n) is 8.75. The number of aromatic nitrogens is 1. The van der Waals surface area contributed by atoms with Crippen molar-refractivity contribution >= 4 is 29.2 Å². The third kappa shape index (κ3) is 5.85. The van der Waals surface area contributed by atoms with E-state index in [1.54, 1.807) is 24.3 Å². The van der Waals surface area contributed by atoms with Gasteiger partial charge in [-0.3, -0.25) is 4.79 Å². The molecule has 2 rings (SSSR count). The molecule has 1 amide bonds. The standard InChI is InChI=1S/C20H23ClN2O5/c1-12(2)11-27-16-8-7-14(10-17(16)26-4)20(25)28-13(3)19(24)23-15-6-5-9-22-18(15)21/h5-10,12-13H,11H2,1-4H3,(H,23,24)/t13-/m1/s1. The second kappa shape index (κ2) is 9.94. The summed E-state index contributed by atoms with van der Waals surface area (Å²) in [4.78, 5) is 28.5. The summed E-state index contributed by atoms with van der Waals surface area (Å²) in [6, 6.07) is 7.94. The van der Waals surface area contributed by atoms with E-state index in [1.807, 2.05) is 13.8 Å². The van der Waals surface area contributed by atoms with Gasteiger partial charge < -0.3 is 19.5 Å². The molecule has 0 aliphatic heterocycles. The second-order valence-electron chi connectivity index (χ2n) is 6.45. The molecular formula is C20H23ClN2O5. The van der Waals surface area contributed by atoms with Crippen molar-refractivity contribution in [3.63, 3.8) is 0 Å². The summed E-state index contributed by atoms with van der Waals surface area (Å²) in [6.07, 6.45) is 0.468. The maximum Gasteiger partial charge on any atom is 0.339 e. The van der Waals surface area contributed by atoms with Gasteiger partial charge in [0, 0.05) is 6.20 Å². The molecule has 1 aromatic heterocycles. The number of pyridine rings is 1. The molecule has 1 N–H and O–H groups in total. The Hall–Kier alpha value is -2.80. The van der Waals surface area contributed by atoms with Gasteiger partial charge in [-0.1, -0.05) is 25.4 Å². The molecule has 0 saturated heterocycles. The first-order chi connectivity index (χ1) is 13.3. The van der Waals surface area contributed by atoms with E-state index in [4.69, 9.17) is 25.8 Å². The predicted octanol–water partition coefficient (Wildman–Crippen LogP) is 3.96. The van der Waals surface area contributed by atoms with Crippen molar-refractivity contribution in [2.45, 2.75) is 26.9 Å². The summed E-state index contributed by atoms with van der Waals surface area (Å²) >= 11 is 5.91. The molecule has 1 atom stereocenters. The molecule has 0 saturated carbocycles. The quantitative estimate of drug-likeness (QED) is 0.527. The molecule has 2 aromatic rings. The second-order valence-corrected chi connectivity index (χ2v) is 6.81. The highest BCUT2D eigenvalue weighted by molar-refractivity contribution is 6.32. The molecule has 0 unspecified atom stereocenters. The Bertz CT molecular complexity index is 841. The minimum atomic E-state index is -1.04. The van der Waals surface area contributed by atoms with Crippen molar-refractivity contribution in [1.29, 1.82) is 0 Å². The topological polar surface area (TPSA) is 86.8 Å². The van der Waals surface area contributed by atoms with Gasteiger partial charge in [0.05, 0.1) is 25.0 Å². The van der Waals surface area contributed by atoms with Crippen LogP contribution in [0.4, 0.5) is 5.69 Å². The molecule has 0 fully saturated rings. The van der Waals surface area contributed by atoms with E-state index in [2.05, 4.69) is 10.3 Å². The fourth-order valence-corrected chi connectivity index (χ4v) is 2.33. The van der Waals surface area contributed by atoms with Gasteiger partial charge >= 0.3 is 5.97 Å². The van der Waals surface area contributed by atoms with Crippen LogP contribution >= 0.6 is 11.6 Å². The number of carbonyl (C=O) groups excluding carboxylic acids is 2. The molecule has 1 heterocycles. The average molecular weight is 407 g/mol. The van der Waals surface area contributed by atoms with Crippen LogP contribution in [0.15, 0.2) is 36.5 Å². The van der Waals surface area contributed by atoms with Crippen molar-refractivity contribution in [2.24, 2.45) is 5.92 Å². The van der Waals surface area contributed by atoms with E-state index in [-0.39, 0.29) is 10.7 Å². The van der Waals surface area contributed by atoms with Gasteiger partial charge in [-0.15, -0.1) is 0 Å². The van der Waals surface area contributed by atoms with Crippen LogP contribution in [0.25, 0.3) is 0 Å². The summed E-state index contributed by atoms with van der Waals surface area (Å²) in [5.41, 5.74) is 0.582. The van der Waals surface area contributed by atoms with Crippen molar-refractivity contribution in [2.75, 3.05) is 19.0 Å². The van der Waals surface area contributed by atoms with Crippen molar-refractivity contribution in [1.82, 2.24) is 4.98 Å². The van der Waals surface area contributed by atoms with E-state index in [0.717, 1.165) is 0 Å². The van der Waals surface area contributed by atoms with E-state index in [1.165, 1.54) is 26.3 Å². The minimum Gasteiger partial charge on any atom is -0.493 e. The molecule has 8 heteroatoms. The summed E-state index contributed by atoms with van der Waals surface area (Å²) in [5, 5.41) is 2.72. The molecule has 0 bridgehead atoms. The SMILES string of the molecule is COc1cc(C(=O)O[C@H](C)C(=O)Nc2cccnc2Cl)ccc1OCC(C)C. The lowest BCUT2D eigenvalue weighted by molar-refractivity contribution is -0.123. The lowest BCUT2D eigenvalue weighted by Crippen LogP contribution is -2.30. The molecule has 0 aliphatic carbocycles. The Labute approximate surface area is 169 Å². The highest BCUT2D eigenvalue weighted by Gasteiger charge is 2.21. The third-order valence-corrected chi connectivity index (χ3v) is 3.94. The van der Waals surface area contributed by atoms with Crippen LogP contribution in [-0.2, 0) is 9.53 Å². The number of rotatable bonds is 8. The number of halogens is 1. The summed E-state index contributed by atoms with van der Waals surface area (Å²) in [7, 11) is 1.49. The molecule has 150 valence electrons. The van der Waals surface area contributed by atoms with Crippen LogP contribution in [0.2, 0.25) is 5.15 Å². The van der Waals surface area contributed by atoms with Gasteiger partial charge in [-0.05, 0) is 43.2 Å². The smallest absolute Gasteiger partial charge is 0.339 e. The van der Waals surface area contributed by atoms with Crippen LogP contribution in [0.1, 0.15) is 31.1 Å². The molecule has 0 radical (unpaired) electrons. The van der Waals surface area contributed by atoms with Crippen LogP contribution in [-0.4, -0.2) is 36.7 Å². The van der Waals surface area contributed by atoms with Crippen LogP contribution in [0, 0.1) is 5.92 Å². The van der Waals surface area contributed by atoms with E-state index in [9.17, 15) is 9.59 Å². The molecule has 7 nitrogen and oxygen atoms in total. The van der Waals surface area contributed by atoms with E-state index >= 15 is 0 Å². The number of amides is 1. The number of benzene rings is 1. The molecular weight excluding hydrogens is 384 g/mol. The Morgan fingerprint density at radius 2 is 1.93 bits per heavy atom. The fraction of sp³-hybridized carbons (Fsp3) is 0.350. The minimum absolute atomic E-state index is 0.149. The first-order valence-corrected chi connectivity index (χ1v) is 9.12. The van der Waals surface area contributed by atoms with Gasteiger partial charge in [0.1, 0.15) is 0 Å². The van der Waals surface area contributed by atoms with E-state index in [0.29, 0.717) is 29.7 Å². The number of carbonyl (C=O) groups is 2. The van der Waals surface area contributed by atoms with Gasteiger partial charge in [-0.2, -0.15) is 0 Å². The van der Waals surface area contributed by atoms with Gasteiger partial charge in [-0.25, -0.2) is 9.78 Å². The lowest BCUT2D eigenvalue weighted by atomic mass is 10.2. The van der Waals surface area contributed by atoms with Crippen molar-refractivity contribution in [3.8, 4) is 11.5 Å². The van der Waals surface area contributed by atoms with Crippen LogP contribution in [0.3, 0.4) is 0 Å². The lowest BCUT2D eigenvalue weighted by Gasteiger charge is -2.15. The normalized spacial score (nSPS) is 11.6. The van der Waals surface area contributed by atoms with Crippen LogP contribution < -0.4 is 14.8 Å². The van der Waals surface area contributed by atoms with Crippen LogP contribution in [0.5, 0.6) is 11.5 Å². The van der Waals surface area contributed by atoms with Crippen molar-refractivity contribution in [3.05, 3.63) is 47.2 Å². The molecule has 28 heavy (non-hydrogen) atoms. The predicted molar refractivity (Wildman–Crippen MR) is 106 cm³/mol. The Balaban J connectivity index is 2.03. The monoisotopic (exact) mass is 406 g/mol. The number of nitrogens with zero attached hydrogens (tertiary/aromatic N) is 1. The largest absolute Gasteiger partial charge is 0.493 e. The maximum atomic E-state index is 12.4. The highest BCUT2D eigenvalue weighted by Crippen LogP contribution is 2.29. The number of ether oxygens (including phenoxy) is 3. The number of esters is 1. The Morgan fingerprint density at radius 3 is 2.57 bits per heavy atom. The number of nitrogens with one attached hydrogen (secondary N) is 1. The van der Waals surface area contributed by atoms with Gasteiger partial charge in [0.25, 0.3) is 5.91 Å². The zero-order valence-corrected chi connectivity index (χ0v) is 16.9. The van der Waals surface area contributed by atoms with Crippen molar-refractivity contribution < 1.29 is 23.8 Å². The Kier molecular flexibility index (Phi) is 7.63. The number of hydrogen-bond donors (Lipinski definition) is 1. The first kappa shape index (κ1) is 21.5. The van der Waals surface area contributed by atoms with Gasteiger partial charge in [0.15, 0.2) is 22.8 Å². The molecule has 0 spiro atoms. The van der Waals surface area contributed by atoms with E-state index < -0.39 is 18.0 Å². The third-order valence-electron chi connectivity index (χ3n) is 3.64. The maximum absolute atomic E-state index is 12.4. The highest BCUT2D eigenvalue weighted by atomic mass is 35.5. The molecule has 0 aliphatic rings. The average Bonchev–Trinajstić information content (AvgIpc) is 2.67.